The lowest BCUT2D eigenvalue weighted by Crippen LogP contribution is -2.44. The van der Waals surface area contributed by atoms with Crippen LogP contribution in [-0.4, -0.2) is 66.2 Å². The van der Waals surface area contributed by atoms with Crippen LogP contribution in [0.5, 0.6) is 0 Å². The number of morpholine rings is 1. The number of aromatic nitrogens is 6. The molecule has 0 amide bonds. The Labute approximate surface area is 187 Å². The zero-order valence-electron chi connectivity index (χ0n) is 19.7. The molecule has 3 aromatic heterocycles. The van der Waals surface area contributed by atoms with Crippen LogP contribution in [0.2, 0.25) is 0 Å². The molecule has 0 unspecified atom stereocenters. The minimum atomic E-state index is -0.343. The fourth-order valence-corrected chi connectivity index (χ4v) is 4.22. The van der Waals surface area contributed by atoms with E-state index in [0.29, 0.717) is 55.9 Å². The third-order valence-electron chi connectivity index (χ3n) is 6.08. The van der Waals surface area contributed by atoms with Crippen LogP contribution in [0.4, 0.5) is 0 Å². The van der Waals surface area contributed by atoms with E-state index in [1.807, 2.05) is 24.5 Å². The highest BCUT2D eigenvalue weighted by molar-refractivity contribution is 5.72. The highest BCUT2D eigenvalue weighted by atomic mass is 16.5. The van der Waals surface area contributed by atoms with Gasteiger partial charge in [0.25, 0.3) is 5.56 Å². The van der Waals surface area contributed by atoms with Crippen LogP contribution in [-0.2, 0) is 24.9 Å². The Morgan fingerprint density at radius 1 is 1.06 bits per heavy atom. The Morgan fingerprint density at radius 3 is 2.41 bits per heavy atom. The van der Waals surface area contributed by atoms with Crippen LogP contribution in [0.1, 0.15) is 31.7 Å². The van der Waals surface area contributed by atoms with E-state index in [0.717, 1.165) is 30.9 Å². The first-order chi connectivity index (χ1) is 15.3. The van der Waals surface area contributed by atoms with E-state index >= 15 is 0 Å². The molecule has 0 atom stereocenters. The Hall–Kier alpha value is -2.72. The summed E-state index contributed by atoms with van der Waals surface area (Å²) in [5, 5.41) is 4.58. The van der Waals surface area contributed by atoms with E-state index in [4.69, 9.17) is 9.72 Å². The second-order valence-electron chi connectivity index (χ2n) is 9.01. The van der Waals surface area contributed by atoms with Crippen molar-refractivity contribution in [3.05, 3.63) is 38.3 Å². The van der Waals surface area contributed by atoms with E-state index in [2.05, 4.69) is 23.8 Å². The van der Waals surface area contributed by atoms with Crippen LogP contribution in [0, 0.1) is 19.8 Å². The fraction of sp³-hybridized carbons (Fsp3) is 0.636. The van der Waals surface area contributed by atoms with Crippen molar-refractivity contribution in [2.75, 3.05) is 32.8 Å². The molecule has 1 aliphatic rings. The van der Waals surface area contributed by atoms with Gasteiger partial charge in [-0.2, -0.15) is 10.1 Å². The number of ether oxygens (including phenoxy) is 1. The predicted octanol–water partition coefficient (Wildman–Crippen LogP) is 1.08. The summed E-state index contributed by atoms with van der Waals surface area (Å²) in [7, 11) is 1.68. The molecule has 174 valence electrons. The van der Waals surface area contributed by atoms with Crippen LogP contribution < -0.4 is 11.2 Å². The van der Waals surface area contributed by atoms with Crippen molar-refractivity contribution in [1.29, 1.82) is 0 Å². The first kappa shape index (κ1) is 22.5. The molecule has 0 bridgehead atoms. The minimum absolute atomic E-state index is 0.291. The summed E-state index contributed by atoms with van der Waals surface area (Å²) < 4.78 is 11.9. The standard InChI is InChI=1S/C22H33N7O3/c1-15(2)6-7-27-18-19(23-21(27)29-17(4)14-16(3)24-29)25(5)22(31)28(20(18)30)9-8-26-10-12-32-13-11-26/h14-15H,6-13H2,1-5H3. The van der Waals surface area contributed by atoms with Gasteiger partial charge in [0.2, 0.25) is 5.95 Å². The Bertz CT molecular complexity index is 1230. The van der Waals surface area contributed by atoms with Crippen molar-refractivity contribution in [1.82, 2.24) is 33.4 Å². The summed E-state index contributed by atoms with van der Waals surface area (Å²) >= 11 is 0. The number of hydrogen-bond donors (Lipinski definition) is 0. The number of nitrogens with zero attached hydrogens (tertiary/aromatic N) is 7. The van der Waals surface area contributed by atoms with Gasteiger partial charge in [-0.25, -0.2) is 9.48 Å². The SMILES string of the molecule is Cc1cc(C)n(-c2nc3c(c(=O)n(CCN4CCOCC4)c(=O)n3C)n2CCC(C)C)n1. The molecule has 0 saturated carbocycles. The number of aryl methyl sites for hydroxylation is 4. The smallest absolute Gasteiger partial charge is 0.332 e. The molecule has 0 radical (unpaired) electrons. The van der Waals surface area contributed by atoms with Crippen molar-refractivity contribution in [2.24, 2.45) is 13.0 Å². The third-order valence-corrected chi connectivity index (χ3v) is 6.08. The molecule has 1 aliphatic heterocycles. The molecule has 4 heterocycles. The van der Waals surface area contributed by atoms with E-state index in [-0.39, 0.29) is 11.2 Å². The van der Waals surface area contributed by atoms with Gasteiger partial charge in [-0.05, 0) is 32.3 Å². The zero-order valence-corrected chi connectivity index (χ0v) is 19.7. The van der Waals surface area contributed by atoms with E-state index in [9.17, 15) is 9.59 Å². The maximum absolute atomic E-state index is 13.6. The van der Waals surface area contributed by atoms with Crippen LogP contribution >= 0.6 is 0 Å². The largest absolute Gasteiger partial charge is 0.379 e. The summed E-state index contributed by atoms with van der Waals surface area (Å²) in [6.07, 6.45) is 0.883. The maximum atomic E-state index is 13.6. The van der Waals surface area contributed by atoms with Crippen molar-refractivity contribution in [3.63, 3.8) is 0 Å². The van der Waals surface area contributed by atoms with Crippen molar-refractivity contribution in [2.45, 2.75) is 47.2 Å². The van der Waals surface area contributed by atoms with Gasteiger partial charge in [0.05, 0.1) is 18.9 Å². The zero-order chi connectivity index (χ0) is 23.0. The highest BCUT2D eigenvalue weighted by Crippen LogP contribution is 2.19. The van der Waals surface area contributed by atoms with Crippen LogP contribution in [0.15, 0.2) is 15.7 Å². The summed E-state index contributed by atoms with van der Waals surface area (Å²) in [5.41, 5.74) is 2.03. The molecule has 0 N–H and O–H groups in total. The lowest BCUT2D eigenvalue weighted by atomic mass is 10.1. The van der Waals surface area contributed by atoms with Crippen molar-refractivity contribution in [3.8, 4) is 5.95 Å². The van der Waals surface area contributed by atoms with Gasteiger partial charge < -0.3 is 9.30 Å². The second kappa shape index (κ2) is 9.03. The molecule has 1 fully saturated rings. The minimum Gasteiger partial charge on any atom is -0.379 e. The normalized spacial score (nSPS) is 15.3. The lowest BCUT2D eigenvalue weighted by Gasteiger charge is -2.26. The Balaban J connectivity index is 1.85. The molecular formula is C22H33N7O3. The van der Waals surface area contributed by atoms with E-state index in [1.165, 1.54) is 9.13 Å². The van der Waals surface area contributed by atoms with E-state index < -0.39 is 0 Å². The van der Waals surface area contributed by atoms with Crippen molar-refractivity contribution >= 4 is 11.2 Å². The molecule has 1 saturated heterocycles. The molecule has 0 aliphatic carbocycles. The number of imidazole rings is 1. The van der Waals surface area contributed by atoms with Gasteiger partial charge in [-0.1, -0.05) is 13.8 Å². The Kier molecular flexibility index (Phi) is 6.34. The molecular weight excluding hydrogens is 410 g/mol. The number of hydrogen-bond acceptors (Lipinski definition) is 6. The first-order valence-corrected chi connectivity index (χ1v) is 11.3. The highest BCUT2D eigenvalue weighted by Gasteiger charge is 2.23. The monoisotopic (exact) mass is 443 g/mol. The second-order valence-corrected chi connectivity index (χ2v) is 9.01. The van der Waals surface area contributed by atoms with Gasteiger partial charge in [-0.15, -0.1) is 0 Å². The summed E-state index contributed by atoms with van der Waals surface area (Å²) in [6.45, 7) is 12.8. The lowest BCUT2D eigenvalue weighted by molar-refractivity contribution is 0.0361. The molecule has 0 spiro atoms. The molecule has 0 aromatic carbocycles. The number of rotatable bonds is 7. The molecule has 10 heteroatoms. The quantitative estimate of drug-likeness (QED) is 0.543. The third kappa shape index (κ3) is 4.16. The topological polar surface area (TPSA) is 92.1 Å². The van der Waals surface area contributed by atoms with Crippen LogP contribution in [0.3, 0.4) is 0 Å². The Morgan fingerprint density at radius 2 is 1.78 bits per heavy atom. The summed E-state index contributed by atoms with van der Waals surface area (Å²) in [5.74, 6) is 1.03. The summed E-state index contributed by atoms with van der Waals surface area (Å²) in [4.78, 5) is 33.6. The predicted molar refractivity (Wildman–Crippen MR) is 123 cm³/mol. The van der Waals surface area contributed by atoms with Crippen molar-refractivity contribution < 1.29 is 4.74 Å². The van der Waals surface area contributed by atoms with Gasteiger partial charge in [0.1, 0.15) is 0 Å². The molecule has 10 nitrogen and oxygen atoms in total. The molecule has 3 aromatic rings. The van der Waals surface area contributed by atoms with Gasteiger partial charge in [0, 0.05) is 45.5 Å². The summed E-state index contributed by atoms with van der Waals surface area (Å²) in [6, 6.07) is 1.98. The number of fused-ring (bicyclic) bond motifs is 1. The van der Waals surface area contributed by atoms with Crippen LogP contribution in [0.25, 0.3) is 17.1 Å². The van der Waals surface area contributed by atoms with Gasteiger partial charge in [-0.3, -0.25) is 18.8 Å². The molecule has 32 heavy (non-hydrogen) atoms. The molecule has 4 rings (SSSR count). The van der Waals surface area contributed by atoms with Gasteiger partial charge in [0.15, 0.2) is 11.2 Å². The van der Waals surface area contributed by atoms with E-state index in [1.54, 1.807) is 11.7 Å². The average Bonchev–Trinajstić information content (AvgIpc) is 3.30. The average molecular weight is 444 g/mol. The fourth-order valence-electron chi connectivity index (χ4n) is 4.22. The first-order valence-electron chi connectivity index (χ1n) is 11.3. The maximum Gasteiger partial charge on any atom is 0.332 e. The van der Waals surface area contributed by atoms with Gasteiger partial charge >= 0.3 is 5.69 Å².